The van der Waals surface area contributed by atoms with Crippen molar-refractivity contribution in [2.24, 2.45) is 11.8 Å². The number of nitrogens with zero attached hydrogens (tertiary/aromatic N) is 5. The number of rotatable bonds is 6. The minimum atomic E-state index is 0.0596. The van der Waals surface area contributed by atoms with Gasteiger partial charge in [0.25, 0.3) is 0 Å². The van der Waals surface area contributed by atoms with Crippen LogP contribution in [-0.4, -0.2) is 58.5 Å². The Bertz CT molecular complexity index is 718. The van der Waals surface area contributed by atoms with Crippen molar-refractivity contribution in [1.82, 2.24) is 19.7 Å². The van der Waals surface area contributed by atoms with Crippen LogP contribution in [0.15, 0.2) is 28.0 Å². The van der Waals surface area contributed by atoms with E-state index in [0.717, 1.165) is 30.0 Å². The predicted molar refractivity (Wildman–Crippen MR) is 102 cm³/mol. The predicted octanol–water partition coefficient (Wildman–Crippen LogP) is 2.58. The molecule has 142 valence electrons. The summed E-state index contributed by atoms with van der Waals surface area (Å²) in [6.45, 7) is 7.07. The van der Waals surface area contributed by atoms with Gasteiger partial charge in [-0.3, -0.25) is 9.36 Å². The summed E-state index contributed by atoms with van der Waals surface area (Å²) in [6, 6.07) is 3.83. The Morgan fingerprint density at radius 2 is 2.04 bits per heavy atom. The van der Waals surface area contributed by atoms with Gasteiger partial charge < -0.3 is 14.2 Å². The van der Waals surface area contributed by atoms with Crippen molar-refractivity contribution in [2.45, 2.75) is 32.0 Å². The molecule has 0 radical (unpaired) electrons. The first kappa shape index (κ1) is 18.8. The molecule has 1 amide bonds. The zero-order chi connectivity index (χ0) is 18.7. The average molecular weight is 378 g/mol. The van der Waals surface area contributed by atoms with E-state index in [1.54, 1.807) is 25.3 Å². The van der Waals surface area contributed by atoms with Gasteiger partial charge in [0.15, 0.2) is 5.16 Å². The Hall–Kier alpha value is -1.96. The SMILES string of the molecule is CC1CC(C)CN(c2nnc(SCC(=O)N(C)C)n2Cc2ccco2)C1. The van der Waals surface area contributed by atoms with Crippen LogP contribution in [0.25, 0.3) is 0 Å². The second-order valence-corrected chi connectivity index (χ2v) is 8.32. The van der Waals surface area contributed by atoms with E-state index in [9.17, 15) is 4.79 Å². The average Bonchev–Trinajstić information content (AvgIpc) is 3.22. The monoisotopic (exact) mass is 377 g/mol. The highest BCUT2D eigenvalue weighted by molar-refractivity contribution is 7.99. The van der Waals surface area contributed by atoms with E-state index >= 15 is 0 Å². The zero-order valence-electron chi connectivity index (χ0n) is 15.9. The molecule has 2 aromatic rings. The zero-order valence-corrected chi connectivity index (χ0v) is 16.7. The van der Waals surface area contributed by atoms with Gasteiger partial charge in [-0.05, 0) is 30.4 Å². The summed E-state index contributed by atoms with van der Waals surface area (Å²) in [6.07, 6.45) is 2.91. The number of anilines is 1. The molecule has 3 heterocycles. The highest BCUT2D eigenvalue weighted by Crippen LogP contribution is 2.29. The number of hydrogen-bond acceptors (Lipinski definition) is 6. The molecule has 1 aliphatic rings. The number of thioether (sulfide) groups is 1. The third kappa shape index (κ3) is 4.41. The molecule has 0 N–H and O–H groups in total. The third-order valence-corrected chi connectivity index (χ3v) is 5.52. The fourth-order valence-electron chi connectivity index (χ4n) is 3.40. The molecular formula is C18H27N5O2S. The second-order valence-electron chi connectivity index (χ2n) is 7.38. The summed E-state index contributed by atoms with van der Waals surface area (Å²) in [5, 5.41) is 9.59. The smallest absolute Gasteiger partial charge is 0.232 e. The second kappa shape index (κ2) is 8.16. The summed E-state index contributed by atoms with van der Waals surface area (Å²) in [5.74, 6) is 3.36. The lowest BCUT2D eigenvalue weighted by Gasteiger charge is -2.35. The molecule has 1 saturated heterocycles. The molecule has 3 rings (SSSR count). The first-order valence-electron chi connectivity index (χ1n) is 8.97. The topological polar surface area (TPSA) is 67.4 Å². The van der Waals surface area contributed by atoms with Crippen LogP contribution in [0, 0.1) is 11.8 Å². The normalized spacial score (nSPS) is 20.4. The van der Waals surface area contributed by atoms with Gasteiger partial charge in [0.05, 0.1) is 18.6 Å². The minimum absolute atomic E-state index is 0.0596. The first-order valence-corrected chi connectivity index (χ1v) is 9.96. The van der Waals surface area contributed by atoms with Crippen LogP contribution in [0.4, 0.5) is 5.95 Å². The van der Waals surface area contributed by atoms with Gasteiger partial charge >= 0.3 is 0 Å². The van der Waals surface area contributed by atoms with Crippen molar-refractivity contribution in [1.29, 1.82) is 0 Å². The molecule has 2 atom stereocenters. The van der Waals surface area contributed by atoms with Crippen LogP contribution >= 0.6 is 11.8 Å². The summed E-state index contributed by atoms with van der Waals surface area (Å²) in [4.78, 5) is 15.9. The highest BCUT2D eigenvalue weighted by atomic mass is 32.2. The molecule has 7 nitrogen and oxygen atoms in total. The van der Waals surface area contributed by atoms with Crippen LogP contribution in [-0.2, 0) is 11.3 Å². The molecule has 0 aromatic carbocycles. The Balaban J connectivity index is 1.84. The molecule has 0 saturated carbocycles. The number of hydrogen-bond donors (Lipinski definition) is 0. The molecule has 0 aliphatic carbocycles. The largest absolute Gasteiger partial charge is 0.467 e. The van der Waals surface area contributed by atoms with Crippen LogP contribution in [0.2, 0.25) is 0 Å². The number of furan rings is 1. The Labute approximate surface area is 158 Å². The Kier molecular flexibility index (Phi) is 5.90. The Morgan fingerprint density at radius 1 is 1.31 bits per heavy atom. The highest BCUT2D eigenvalue weighted by Gasteiger charge is 2.27. The van der Waals surface area contributed by atoms with Gasteiger partial charge in [-0.25, -0.2) is 0 Å². The molecule has 8 heteroatoms. The standard InChI is InChI=1S/C18H27N5O2S/c1-13-8-14(2)10-22(9-13)17-19-20-18(26-12-16(24)21(3)4)23(17)11-15-6-5-7-25-15/h5-7,13-14H,8-12H2,1-4H3. The molecule has 0 spiro atoms. The molecule has 0 bridgehead atoms. The van der Waals surface area contributed by atoms with E-state index in [4.69, 9.17) is 4.42 Å². The van der Waals surface area contributed by atoms with Gasteiger partial charge in [0.1, 0.15) is 5.76 Å². The Morgan fingerprint density at radius 3 is 2.65 bits per heavy atom. The van der Waals surface area contributed by atoms with Gasteiger partial charge in [-0.15, -0.1) is 10.2 Å². The lowest BCUT2D eigenvalue weighted by Crippen LogP contribution is -2.40. The number of carbonyl (C=O) groups is 1. The van der Waals surface area contributed by atoms with Crippen LogP contribution in [0.5, 0.6) is 0 Å². The summed E-state index contributed by atoms with van der Waals surface area (Å²) < 4.78 is 7.60. The van der Waals surface area contributed by atoms with Crippen molar-refractivity contribution in [3.05, 3.63) is 24.2 Å². The van der Waals surface area contributed by atoms with Gasteiger partial charge in [-0.2, -0.15) is 0 Å². The van der Waals surface area contributed by atoms with Crippen molar-refractivity contribution in [3.8, 4) is 0 Å². The van der Waals surface area contributed by atoms with Crippen molar-refractivity contribution in [3.63, 3.8) is 0 Å². The molecule has 2 aromatic heterocycles. The van der Waals surface area contributed by atoms with Crippen LogP contribution in [0.3, 0.4) is 0 Å². The summed E-state index contributed by atoms with van der Waals surface area (Å²) in [5.41, 5.74) is 0. The van der Waals surface area contributed by atoms with Crippen molar-refractivity contribution >= 4 is 23.6 Å². The quantitative estimate of drug-likeness (QED) is 0.721. The van der Waals surface area contributed by atoms with Crippen LogP contribution < -0.4 is 4.90 Å². The molecule has 1 fully saturated rings. The number of carbonyl (C=O) groups excluding carboxylic acids is 1. The van der Waals surface area contributed by atoms with Gasteiger partial charge in [0.2, 0.25) is 11.9 Å². The van der Waals surface area contributed by atoms with Gasteiger partial charge in [-0.1, -0.05) is 25.6 Å². The van der Waals surface area contributed by atoms with Crippen molar-refractivity contribution in [2.75, 3.05) is 37.8 Å². The minimum Gasteiger partial charge on any atom is -0.467 e. The van der Waals surface area contributed by atoms with Gasteiger partial charge in [0, 0.05) is 27.2 Å². The van der Waals surface area contributed by atoms with E-state index in [-0.39, 0.29) is 5.91 Å². The van der Waals surface area contributed by atoms with E-state index in [2.05, 4.69) is 33.5 Å². The fraction of sp³-hybridized carbons (Fsp3) is 0.611. The van der Waals surface area contributed by atoms with E-state index in [1.165, 1.54) is 18.2 Å². The maximum absolute atomic E-state index is 12.0. The van der Waals surface area contributed by atoms with E-state index in [1.807, 2.05) is 12.1 Å². The maximum atomic E-state index is 12.0. The summed E-state index contributed by atoms with van der Waals surface area (Å²) >= 11 is 1.42. The summed E-state index contributed by atoms with van der Waals surface area (Å²) in [7, 11) is 3.52. The molecular weight excluding hydrogens is 350 g/mol. The number of aromatic nitrogens is 3. The van der Waals surface area contributed by atoms with Crippen LogP contribution in [0.1, 0.15) is 26.0 Å². The number of piperidine rings is 1. The molecule has 26 heavy (non-hydrogen) atoms. The molecule has 2 unspecified atom stereocenters. The number of amides is 1. The lowest BCUT2D eigenvalue weighted by molar-refractivity contribution is -0.125. The molecule has 1 aliphatic heterocycles. The van der Waals surface area contributed by atoms with E-state index < -0.39 is 0 Å². The third-order valence-electron chi connectivity index (χ3n) is 4.57. The first-order chi connectivity index (χ1) is 12.4. The lowest BCUT2D eigenvalue weighted by atomic mass is 9.92. The van der Waals surface area contributed by atoms with E-state index in [0.29, 0.717) is 24.1 Å². The van der Waals surface area contributed by atoms with Crippen molar-refractivity contribution < 1.29 is 9.21 Å². The fourth-order valence-corrected chi connectivity index (χ4v) is 4.31. The maximum Gasteiger partial charge on any atom is 0.232 e.